The first-order chi connectivity index (χ1) is 7.75. The highest BCUT2D eigenvalue weighted by molar-refractivity contribution is 5.83. The highest BCUT2D eigenvalue weighted by Crippen LogP contribution is 2.13. The Labute approximate surface area is 94.1 Å². The van der Waals surface area contributed by atoms with E-state index < -0.39 is 5.97 Å². The van der Waals surface area contributed by atoms with Gasteiger partial charge in [-0.05, 0) is 25.9 Å². The number of carboxylic acids is 1. The molecular formula is C11H16N2O3. The fraction of sp³-hybridized carbons (Fsp3) is 0.636. The van der Waals surface area contributed by atoms with Crippen molar-refractivity contribution in [1.29, 1.82) is 0 Å². The Morgan fingerprint density at radius 1 is 1.38 bits per heavy atom. The van der Waals surface area contributed by atoms with Crippen molar-refractivity contribution in [3.8, 4) is 0 Å². The molecule has 2 heterocycles. The first-order valence-electron chi connectivity index (χ1n) is 5.66. The molecule has 5 nitrogen and oxygen atoms in total. The van der Waals surface area contributed by atoms with Gasteiger partial charge in [-0.1, -0.05) is 12.8 Å². The Morgan fingerprint density at radius 3 is 2.62 bits per heavy atom. The van der Waals surface area contributed by atoms with Gasteiger partial charge in [0.2, 0.25) is 11.7 Å². The van der Waals surface area contributed by atoms with Gasteiger partial charge in [0.25, 0.3) is 0 Å². The van der Waals surface area contributed by atoms with Crippen LogP contribution in [0.4, 0.5) is 0 Å². The zero-order chi connectivity index (χ0) is 11.4. The minimum atomic E-state index is -1.06. The summed E-state index contributed by atoms with van der Waals surface area (Å²) in [5.74, 6) is -0.640. The minimum absolute atomic E-state index is 0.0789. The van der Waals surface area contributed by atoms with Crippen molar-refractivity contribution in [3.63, 3.8) is 0 Å². The summed E-state index contributed by atoms with van der Waals surface area (Å²) in [6.07, 6.45) is 6.24. The van der Waals surface area contributed by atoms with Crippen molar-refractivity contribution in [2.24, 2.45) is 0 Å². The van der Waals surface area contributed by atoms with Crippen molar-refractivity contribution in [3.05, 3.63) is 17.8 Å². The zero-order valence-electron chi connectivity index (χ0n) is 9.19. The molecule has 1 aliphatic rings. The molecule has 0 radical (unpaired) electrons. The van der Waals surface area contributed by atoms with E-state index in [2.05, 4.69) is 9.88 Å². The minimum Gasteiger partial charge on any atom is -0.475 e. The maximum absolute atomic E-state index is 10.6. The lowest BCUT2D eigenvalue weighted by Gasteiger charge is -2.16. The van der Waals surface area contributed by atoms with Crippen LogP contribution in [0.15, 0.2) is 10.6 Å². The Bertz CT molecular complexity index is 354. The van der Waals surface area contributed by atoms with Crippen molar-refractivity contribution in [1.82, 2.24) is 9.88 Å². The molecule has 0 aromatic carbocycles. The van der Waals surface area contributed by atoms with Gasteiger partial charge < -0.3 is 9.52 Å². The number of aromatic carboxylic acids is 1. The van der Waals surface area contributed by atoms with Gasteiger partial charge in [0, 0.05) is 0 Å². The summed E-state index contributed by atoms with van der Waals surface area (Å²) >= 11 is 0. The highest BCUT2D eigenvalue weighted by Gasteiger charge is 2.14. The van der Waals surface area contributed by atoms with Crippen LogP contribution in [0.3, 0.4) is 0 Å². The van der Waals surface area contributed by atoms with E-state index in [1.807, 2.05) is 0 Å². The van der Waals surface area contributed by atoms with Crippen molar-refractivity contribution < 1.29 is 14.3 Å². The van der Waals surface area contributed by atoms with E-state index in [1.54, 1.807) is 0 Å². The predicted octanol–water partition coefficient (Wildman–Crippen LogP) is 1.75. The molecule has 16 heavy (non-hydrogen) atoms. The molecule has 0 unspecified atom stereocenters. The number of oxazole rings is 1. The molecular weight excluding hydrogens is 208 g/mol. The van der Waals surface area contributed by atoms with Crippen molar-refractivity contribution in [2.45, 2.75) is 32.2 Å². The second-order valence-electron chi connectivity index (χ2n) is 4.11. The molecule has 1 N–H and O–H groups in total. The van der Waals surface area contributed by atoms with Crippen LogP contribution in [-0.4, -0.2) is 34.0 Å². The van der Waals surface area contributed by atoms with Gasteiger partial charge in [0.15, 0.2) is 0 Å². The van der Waals surface area contributed by atoms with Crippen molar-refractivity contribution >= 4 is 5.97 Å². The topological polar surface area (TPSA) is 66.6 Å². The lowest BCUT2D eigenvalue weighted by molar-refractivity contribution is 0.0658. The van der Waals surface area contributed by atoms with Crippen LogP contribution >= 0.6 is 0 Å². The Balaban J connectivity index is 1.94. The molecule has 0 spiro atoms. The van der Waals surface area contributed by atoms with Crippen LogP contribution in [0.2, 0.25) is 0 Å². The van der Waals surface area contributed by atoms with Crippen LogP contribution in [0, 0.1) is 0 Å². The van der Waals surface area contributed by atoms with Gasteiger partial charge in [0.05, 0.1) is 12.7 Å². The first kappa shape index (κ1) is 11.1. The van der Waals surface area contributed by atoms with Gasteiger partial charge in [-0.15, -0.1) is 0 Å². The summed E-state index contributed by atoms with van der Waals surface area (Å²) in [4.78, 5) is 16.9. The molecule has 1 aromatic rings. The van der Waals surface area contributed by atoms with E-state index in [4.69, 9.17) is 9.52 Å². The fourth-order valence-electron chi connectivity index (χ4n) is 1.97. The Morgan fingerprint density at radius 2 is 2.06 bits per heavy atom. The molecule has 5 heteroatoms. The van der Waals surface area contributed by atoms with E-state index in [9.17, 15) is 4.79 Å². The smallest absolute Gasteiger partial charge is 0.373 e. The maximum atomic E-state index is 10.6. The summed E-state index contributed by atoms with van der Waals surface area (Å²) < 4.78 is 5.14. The number of likely N-dealkylation sites (tertiary alicyclic amines) is 1. The predicted molar refractivity (Wildman–Crippen MR) is 57.2 cm³/mol. The average Bonchev–Trinajstić information content (AvgIpc) is 2.56. The lowest BCUT2D eigenvalue weighted by atomic mass is 10.2. The molecule has 1 aliphatic heterocycles. The lowest BCUT2D eigenvalue weighted by Crippen LogP contribution is -2.24. The molecule has 0 atom stereocenters. The van der Waals surface area contributed by atoms with Gasteiger partial charge in [0.1, 0.15) is 0 Å². The monoisotopic (exact) mass is 224 g/mol. The number of nitrogens with zero attached hydrogens (tertiary/aromatic N) is 2. The van der Waals surface area contributed by atoms with E-state index in [0.29, 0.717) is 12.4 Å². The fourth-order valence-corrected chi connectivity index (χ4v) is 1.97. The molecule has 0 bridgehead atoms. The van der Waals surface area contributed by atoms with Gasteiger partial charge >= 0.3 is 5.97 Å². The van der Waals surface area contributed by atoms with E-state index in [0.717, 1.165) is 13.1 Å². The number of hydrogen-bond donors (Lipinski definition) is 1. The Hall–Kier alpha value is -1.36. The highest BCUT2D eigenvalue weighted by atomic mass is 16.4. The Kier molecular flexibility index (Phi) is 3.56. The number of rotatable bonds is 3. The molecule has 2 rings (SSSR count). The molecule has 0 saturated carbocycles. The molecule has 1 fully saturated rings. The zero-order valence-corrected chi connectivity index (χ0v) is 9.19. The van der Waals surface area contributed by atoms with Gasteiger partial charge in [-0.25, -0.2) is 9.78 Å². The van der Waals surface area contributed by atoms with E-state index in [1.165, 1.54) is 31.9 Å². The maximum Gasteiger partial charge on any atom is 0.373 e. The number of hydrogen-bond acceptors (Lipinski definition) is 4. The van der Waals surface area contributed by atoms with E-state index in [-0.39, 0.29) is 5.76 Å². The largest absolute Gasteiger partial charge is 0.475 e. The van der Waals surface area contributed by atoms with Crippen LogP contribution in [0.25, 0.3) is 0 Å². The van der Waals surface area contributed by atoms with Crippen molar-refractivity contribution in [2.75, 3.05) is 13.1 Å². The van der Waals surface area contributed by atoms with Crippen LogP contribution in [0.5, 0.6) is 0 Å². The molecule has 0 amide bonds. The summed E-state index contributed by atoms with van der Waals surface area (Å²) in [6.45, 7) is 2.71. The number of aromatic nitrogens is 1. The second-order valence-corrected chi connectivity index (χ2v) is 4.11. The van der Waals surface area contributed by atoms with Gasteiger partial charge in [-0.3, -0.25) is 4.90 Å². The molecule has 1 saturated heterocycles. The summed E-state index contributed by atoms with van der Waals surface area (Å²) in [5, 5.41) is 8.70. The standard InChI is InChI=1S/C11H16N2O3/c14-11(15)9-7-12-10(16-9)8-13-5-3-1-2-4-6-13/h7H,1-6,8H2,(H,14,15). The SMILES string of the molecule is O=C(O)c1cnc(CN2CCCCCC2)o1. The normalized spacial score (nSPS) is 18.2. The molecule has 88 valence electrons. The van der Waals surface area contributed by atoms with E-state index >= 15 is 0 Å². The third-order valence-electron chi connectivity index (χ3n) is 2.82. The molecule has 0 aliphatic carbocycles. The summed E-state index contributed by atoms with van der Waals surface area (Å²) in [7, 11) is 0. The van der Waals surface area contributed by atoms with Crippen LogP contribution < -0.4 is 0 Å². The second kappa shape index (κ2) is 5.12. The van der Waals surface area contributed by atoms with Crippen LogP contribution in [-0.2, 0) is 6.54 Å². The summed E-state index contributed by atoms with van der Waals surface area (Å²) in [6, 6.07) is 0. The number of carboxylic acid groups (broad SMARTS) is 1. The third-order valence-corrected chi connectivity index (χ3v) is 2.82. The van der Waals surface area contributed by atoms with Gasteiger partial charge in [-0.2, -0.15) is 0 Å². The number of carbonyl (C=O) groups is 1. The molecule has 1 aromatic heterocycles. The quantitative estimate of drug-likeness (QED) is 0.847. The summed E-state index contributed by atoms with van der Waals surface area (Å²) in [5.41, 5.74) is 0. The van der Waals surface area contributed by atoms with Crippen LogP contribution in [0.1, 0.15) is 42.1 Å². The first-order valence-corrected chi connectivity index (χ1v) is 5.66. The average molecular weight is 224 g/mol. The third kappa shape index (κ3) is 2.82.